The molecule has 1 atom stereocenters. The van der Waals surface area contributed by atoms with Crippen LogP contribution in [-0.2, 0) is 0 Å². The Labute approximate surface area is 128 Å². The number of anilines is 1. The predicted molar refractivity (Wildman–Crippen MR) is 83.4 cm³/mol. The lowest BCUT2D eigenvalue weighted by atomic mass is 10.2. The molecule has 2 heterocycles. The summed E-state index contributed by atoms with van der Waals surface area (Å²) in [6.45, 7) is 0. The molecule has 1 aromatic heterocycles. The smallest absolute Gasteiger partial charge is 0.278 e. The third-order valence-electron chi connectivity index (χ3n) is 3.57. The number of hydrogen-bond acceptors (Lipinski definition) is 6. The number of hydrogen-bond donors (Lipinski definition) is 0. The van der Waals surface area contributed by atoms with E-state index in [1.807, 2.05) is 11.8 Å². The summed E-state index contributed by atoms with van der Waals surface area (Å²) in [5, 5.41) is 0. The van der Waals surface area contributed by atoms with E-state index in [0.717, 1.165) is 11.4 Å². The monoisotopic (exact) mass is 303 g/mol. The molecule has 0 bridgehead atoms. The SMILES string of the molecule is COc1ncc(C2CSc3ccccc3N2C)nc1OC. The fourth-order valence-corrected chi connectivity index (χ4v) is 3.68. The van der Waals surface area contributed by atoms with Gasteiger partial charge >= 0.3 is 0 Å². The Balaban J connectivity index is 1.95. The molecule has 2 aromatic rings. The molecule has 1 unspecified atom stereocenters. The lowest BCUT2D eigenvalue weighted by molar-refractivity contribution is 0.329. The highest BCUT2D eigenvalue weighted by Gasteiger charge is 2.27. The number of thioether (sulfide) groups is 1. The largest absolute Gasteiger partial charge is 0.477 e. The Morgan fingerprint density at radius 1 is 1.19 bits per heavy atom. The molecule has 6 heteroatoms. The van der Waals surface area contributed by atoms with Gasteiger partial charge in [-0.15, -0.1) is 11.8 Å². The topological polar surface area (TPSA) is 47.5 Å². The van der Waals surface area contributed by atoms with Gasteiger partial charge in [-0.3, -0.25) is 0 Å². The zero-order chi connectivity index (χ0) is 14.8. The number of rotatable bonds is 3. The van der Waals surface area contributed by atoms with Crippen LogP contribution < -0.4 is 14.4 Å². The normalized spacial score (nSPS) is 17.3. The van der Waals surface area contributed by atoms with E-state index in [1.54, 1.807) is 20.4 Å². The van der Waals surface area contributed by atoms with E-state index < -0.39 is 0 Å². The first kappa shape index (κ1) is 14.0. The summed E-state index contributed by atoms with van der Waals surface area (Å²) in [6, 6.07) is 8.56. The molecule has 0 N–H and O–H groups in total. The summed E-state index contributed by atoms with van der Waals surface area (Å²) < 4.78 is 10.4. The van der Waals surface area contributed by atoms with Crippen LogP contribution in [-0.4, -0.2) is 37.0 Å². The number of methoxy groups -OCH3 is 2. The first-order chi connectivity index (χ1) is 10.2. The van der Waals surface area contributed by atoms with Gasteiger partial charge in [0, 0.05) is 17.7 Å². The number of nitrogens with zero attached hydrogens (tertiary/aromatic N) is 3. The second-order valence-corrected chi connectivity index (χ2v) is 5.78. The van der Waals surface area contributed by atoms with Gasteiger partial charge in [-0.1, -0.05) is 12.1 Å². The number of aromatic nitrogens is 2. The summed E-state index contributed by atoms with van der Waals surface area (Å²) >= 11 is 1.84. The van der Waals surface area contributed by atoms with E-state index in [0.29, 0.717) is 11.8 Å². The molecule has 1 aliphatic rings. The Morgan fingerprint density at radius 3 is 2.71 bits per heavy atom. The van der Waals surface area contributed by atoms with Gasteiger partial charge in [0.05, 0.1) is 37.8 Å². The minimum Gasteiger partial charge on any atom is -0.477 e. The van der Waals surface area contributed by atoms with Crippen molar-refractivity contribution >= 4 is 17.4 Å². The molecule has 110 valence electrons. The van der Waals surface area contributed by atoms with Gasteiger partial charge in [0.25, 0.3) is 11.8 Å². The summed E-state index contributed by atoms with van der Waals surface area (Å²) in [6.07, 6.45) is 1.76. The molecule has 1 aromatic carbocycles. The maximum atomic E-state index is 5.25. The first-order valence-electron chi connectivity index (χ1n) is 6.64. The molecule has 0 radical (unpaired) electrons. The van der Waals surface area contributed by atoms with E-state index >= 15 is 0 Å². The van der Waals surface area contributed by atoms with Crippen molar-refractivity contribution in [2.75, 3.05) is 31.9 Å². The third kappa shape index (κ3) is 2.51. The van der Waals surface area contributed by atoms with E-state index in [9.17, 15) is 0 Å². The average Bonchev–Trinajstić information content (AvgIpc) is 2.55. The van der Waals surface area contributed by atoms with Crippen LogP contribution in [0.4, 0.5) is 5.69 Å². The van der Waals surface area contributed by atoms with Crippen molar-refractivity contribution < 1.29 is 9.47 Å². The summed E-state index contributed by atoms with van der Waals surface area (Å²) in [5.41, 5.74) is 2.10. The zero-order valence-electron chi connectivity index (χ0n) is 12.2. The van der Waals surface area contributed by atoms with Crippen LogP contribution in [0.25, 0.3) is 0 Å². The standard InChI is InChI=1S/C15H17N3O2S/c1-18-11-6-4-5-7-13(11)21-9-12(18)10-8-16-14(19-2)15(17-10)20-3/h4-8,12H,9H2,1-3H3. The number of fused-ring (bicyclic) bond motifs is 1. The van der Waals surface area contributed by atoms with Gasteiger partial charge < -0.3 is 14.4 Å². The van der Waals surface area contributed by atoms with Crippen molar-refractivity contribution in [1.29, 1.82) is 0 Å². The molecule has 21 heavy (non-hydrogen) atoms. The fraction of sp³-hybridized carbons (Fsp3) is 0.333. The highest BCUT2D eigenvalue weighted by atomic mass is 32.2. The molecule has 1 aliphatic heterocycles. The van der Waals surface area contributed by atoms with Crippen LogP contribution in [0.2, 0.25) is 0 Å². The molecular formula is C15H17N3O2S. The van der Waals surface area contributed by atoms with Crippen molar-refractivity contribution in [1.82, 2.24) is 9.97 Å². The first-order valence-corrected chi connectivity index (χ1v) is 7.62. The quantitative estimate of drug-likeness (QED) is 0.869. The summed E-state index contributed by atoms with van der Waals surface area (Å²) in [7, 11) is 5.22. The van der Waals surface area contributed by atoms with Crippen LogP contribution in [0, 0.1) is 0 Å². The van der Waals surface area contributed by atoms with Crippen molar-refractivity contribution in [3.63, 3.8) is 0 Å². The molecule has 0 aliphatic carbocycles. The second kappa shape index (κ2) is 5.81. The minimum absolute atomic E-state index is 0.164. The van der Waals surface area contributed by atoms with Gasteiger partial charge in [0.1, 0.15) is 0 Å². The molecule has 0 fully saturated rings. The molecular weight excluding hydrogens is 286 g/mol. The molecule has 0 spiro atoms. The Morgan fingerprint density at radius 2 is 1.95 bits per heavy atom. The van der Waals surface area contributed by atoms with Gasteiger partial charge in [-0.2, -0.15) is 0 Å². The Kier molecular flexibility index (Phi) is 3.88. The zero-order valence-corrected chi connectivity index (χ0v) is 13.1. The van der Waals surface area contributed by atoms with Crippen molar-refractivity contribution in [2.45, 2.75) is 10.9 Å². The Hall–Kier alpha value is -1.95. The van der Waals surface area contributed by atoms with Crippen molar-refractivity contribution in [3.05, 3.63) is 36.2 Å². The van der Waals surface area contributed by atoms with Gasteiger partial charge in [0.15, 0.2) is 0 Å². The van der Waals surface area contributed by atoms with Crippen LogP contribution in [0.5, 0.6) is 11.8 Å². The Bertz CT molecular complexity index is 651. The van der Waals surface area contributed by atoms with Gasteiger partial charge in [-0.25, -0.2) is 9.97 Å². The van der Waals surface area contributed by atoms with Gasteiger partial charge in [0.2, 0.25) is 0 Å². The molecule has 3 rings (SSSR count). The van der Waals surface area contributed by atoms with Crippen LogP contribution in [0.15, 0.2) is 35.4 Å². The lowest BCUT2D eigenvalue weighted by Gasteiger charge is -2.35. The second-order valence-electron chi connectivity index (χ2n) is 4.72. The molecule has 0 saturated heterocycles. The molecule has 5 nitrogen and oxygen atoms in total. The van der Waals surface area contributed by atoms with Crippen LogP contribution in [0.1, 0.15) is 11.7 Å². The van der Waals surface area contributed by atoms with Gasteiger partial charge in [-0.05, 0) is 12.1 Å². The van der Waals surface area contributed by atoms with Crippen molar-refractivity contribution in [2.24, 2.45) is 0 Å². The molecule has 0 amide bonds. The highest BCUT2D eigenvalue weighted by molar-refractivity contribution is 7.99. The number of para-hydroxylation sites is 1. The predicted octanol–water partition coefficient (Wildman–Crippen LogP) is 2.78. The number of benzene rings is 1. The summed E-state index contributed by atoms with van der Waals surface area (Å²) in [5.74, 6) is 1.76. The summed E-state index contributed by atoms with van der Waals surface area (Å²) in [4.78, 5) is 12.4. The minimum atomic E-state index is 0.164. The average molecular weight is 303 g/mol. The van der Waals surface area contributed by atoms with E-state index in [1.165, 1.54) is 10.6 Å². The number of ether oxygens (including phenoxy) is 2. The maximum absolute atomic E-state index is 5.25. The maximum Gasteiger partial charge on any atom is 0.278 e. The van der Waals surface area contributed by atoms with Crippen molar-refractivity contribution in [3.8, 4) is 11.8 Å². The van der Waals surface area contributed by atoms with E-state index in [-0.39, 0.29) is 6.04 Å². The fourth-order valence-electron chi connectivity index (χ4n) is 2.41. The van der Waals surface area contributed by atoms with E-state index in [2.05, 4.69) is 46.2 Å². The highest BCUT2D eigenvalue weighted by Crippen LogP contribution is 2.41. The van der Waals surface area contributed by atoms with E-state index in [4.69, 9.17) is 9.47 Å². The van der Waals surface area contributed by atoms with Crippen LogP contribution >= 0.6 is 11.8 Å². The lowest BCUT2D eigenvalue weighted by Crippen LogP contribution is -2.30. The third-order valence-corrected chi connectivity index (χ3v) is 4.70. The van der Waals surface area contributed by atoms with Crippen LogP contribution in [0.3, 0.4) is 0 Å². The molecule has 0 saturated carbocycles.